The molecule has 0 aromatic heterocycles. The summed E-state index contributed by atoms with van der Waals surface area (Å²) in [5, 5.41) is 5.97. The number of amides is 1. The quantitative estimate of drug-likeness (QED) is 0.848. The predicted molar refractivity (Wildman–Crippen MR) is 83.4 cm³/mol. The third kappa shape index (κ3) is 3.62. The van der Waals surface area contributed by atoms with Crippen LogP contribution in [-0.4, -0.2) is 18.6 Å². The van der Waals surface area contributed by atoms with Gasteiger partial charge in [0.25, 0.3) is 0 Å². The summed E-state index contributed by atoms with van der Waals surface area (Å²) >= 11 is 0. The number of alkyl halides is 3. The number of carbonyl (C=O) groups is 1. The van der Waals surface area contributed by atoms with Gasteiger partial charge in [0, 0.05) is 23.8 Å². The molecule has 3 rings (SSSR count). The SMILES string of the molecule is O=C(Nc1ccc2c(c1)CCCN2)C1CCCCC1C(F)(F)F. The minimum absolute atomic E-state index is 0.0513. The van der Waals surface area contributed by atoms with Crippen molar-refractivity contribution < 1.29 is 18.0 Å². The van der Waals surface area contributed by atoms with E-state index in [0.717, 1.165) is 30.6 Å². The normalized spacial score (nSPS) is 24.5. The van der Waals surface area contributed by atoms with E-state index in [2.05, 4.69) is 10.6 Å². The number of rotatable bonds is 2. The smallest absolute Gasteiger partial charge is 0.385 e. The summed E-state index contributed by atoms with van der Waals surface area (Å²) in [5.41, 5.74) is 2.73. The van der Waals surface area contributed by atoms with Gasteiger partial charge in [0.05, 0.1) is 5.92 Å². The van der Waals surface area contributed by atoms with Gasteiger partial charge in [-0.2, -0.15) is 13.2 Å². The zero-order chi connectivity index (χ0) is 16.4. The minimum Gasteiger partial charge on any atom is -0.385 e. The number of nitrogens with one attached hydrogen (secondary N) is 2. The van der Waals surface area contributed by atoms with E-state index in [9.17, 15) is 18.0 Å². The summed E-state index contributed by atoms with van der Waals surface area (Å²) < 4.78 is 39.4. The molecule has 2 unspecified atom stereocenters. The second-order valence-electron chi connectivity index (χ2n) is 6.43. The van der Waals surface area contributed by atoms with Crippen molar-refractivity contribution in [3.05, 3.63) is 23.8 Å². The predicted octanol–water partition coefficient (Wildman–Crippen LogP) is 4.35. The molecule has 2 N–H and O–H groups in total. The van der Waals surface area contributed by atoms with E-state index in [1.165, 1.54) is 0 Å². The Labute approximate surface area is 133 Å². The molecule has 0 spiro atoms. The second-order valence-corrected chi connectivity index (χ2v) is 6.43. The Morgan fingerprint density at radius 2 is 1.96 bits per heavy atom. The van der Waals surface area contributed by atoms with Gasteiger partial charge in [0.1, 0.15) is 0 Å². The molecular weight excluding hydrogens is 305 g/mol. The first kappa shape index (κ1) is 16.1. The molecule has 1 aromatic carbocycles. The van der Waals surface area contributed by atoms with E-state index in [4.69, 9.17) is 0 Å². The molecule has 2 aliphatic rings. The maximum atomic E-state index is 13.1. The van der Waals surface area contributed by atoms with Gasteiger partial charge in [-0.3, -0.25) is 4.79 Å². The number of hydrogen-bond donors (Lipinski definition) is 2. The van der Waals surface area contributed by atoms with Gasteiger partial charge in [-0.05, 0) is 49.4 Å². The van der Waals surface area contributed by atoms with Crippen molar-refractivity contribution >= 4 is 17.3 Å². The first-order valence-electron chi connectivity index (χ1n) is 8.19. The standard InChI is InChI=1S/C17H21F3N2O/c18-17(19,20)14-6-2-1-5-13(14)16(23)22-12-7-8-15-11(10-12)4-3-9-21-15/h7-8,10,13-14,21H,1-6,9H2,(H,22,23). The van der Waals surface area contributed by atoms with Crippen LogP contribution >= 0.6 is 0 Å². The van der Waals surface area contributed by atoms with Gasteiger partial charge in [-0.1, -0.05) is 12.8 Å². The van der Waals surface area contributed by atoms with Gasteiger partial charge in [0.15, 0.2) is 0 Å². The topological polar surface area (TPSA) is 41.1 Å². The summed E-state index contributed by atoms with van der Waals surface area (Å²) in [5.74, 6) is -3.00. The summed E-state index contributed by atoms with van der Waals surface area (Å²) in [6, 6.07) is 5.50. The molecule has 1 heterocycles. The molecule has 1 aromatic rings. The lowest BCUT2D eigenvalue weighted by Crippen LogP contribution is -2.39. The monoisotopic (exact) mass is 326 g/mol. The van der Waals surface area contributed by atoms with Crippen molar-refractivity contribution in [2.75, 3.05) is 17.2 Å². The third-order valence-electron chi connectivity index (χ3n) is 4.83. The molecule has 1 amide bonds. The Morgan fingerprint density at radius 3 is 2.74 bits per heavy atom. The summed E-state index contributed by atoms with van der Waals surface area (Å²) in [4.78, 5) is 12.4. The zero-order valence-corrected chi connectivity index (χ0v) is 12.9. The largest absolute Gasteiger partial charge is 0.392 e. The molecule has 0 saturated heterocycles. The molecule has 2 atom stereocenters. The Morgan fingerprint density at radius 1 is 1.17 bits per heavy atom. The van der Waals surface area contributed by atoms with Crippen molar-refractivity contribution in [2.45, 2.75) is 44.7 Å². The number of aryl methyl sites for hydroxylation is 1. The lowest BCUT2D eigenvalue weighted by molar-refractivity contribution is -0.197. The van der Waals surface area contributed by atoms with Crippen LogP contribution in [0.15, 0.2) is 18.2 Å². The van der Waals surface area contributed by atoms with Crippen LogP contribution in [0.3, 0.4) is 0 Å². The van der Waals surface area contributed by atoms with Crippen LogP contribution in [0.25, 0.3) is 0 Å². The van der Waals surface area contributed by atoms with Crippen LogP contribution in [-0.2, 0) is 11.2 Å². The fourth-order valence-electron chi connectivity index (χ4n) is 3.62. The van der Waals surface area contributed by atoms with Gasteiger partial charge >= 0.3 is 6.18 Å². The number of halogens is 3. The molecule has 6 heteroatoms. The Balaban J connectivity index is 1.72. The van der Waals surface area contributed by atoms with E-state index >= 15 is 0 Å². The average Bonchev–Trinajstić information content (AvgIpc) is 2.54. The molecule has 1 aliphatic carbocycles. The fraction of sp³-hybridized carbons (Fsp3) is 0.588. The molecule has 1 fully saturated rings. The maximum Gasteiger partial charge on any atom is 0.392 e. The van der Waals surface area contributed by atoms with Crippen molar-refractivity contribution in [2.24, 2.45) is 11.8 Å². The zero-order valence-electron chi connectivity index (χ0n) is 12.9. The van der Waals surface area contributed by atoms with E-state index in [1.54, 1.807) is 6.07 Å². The molecule has 23 heavy (non-hydrogen) atoms. The summed E-state index contributed by atoms with van der Waals surface area (Å²) in [7, 11) is 0. The van der Waals surface area contributed by atoms with Crippen LogP contribution in [0, 0.1) is 11.8 Å². The number of hydrogen-bond acceptors (Lipinski definition) is 2. The second kappa shape index (κ2) is 6.42. The first-order valence-corrected chi connectivity index (χ1v) is 8.19. The van der Waals surface area contributed by atoms with Crippen molar-refractivity contribution in [3.63, 3.8) is 0 Å². The fourth-order valence-corrected chi connectivity index (χ4v) is 3.62. The van der Waals surface area contributed by atoms with E-state index in [-0.39, 0.29) is 6.42 Å². The van der Waals surface area contributed by atoms with Crippen LogP contribution in [0.4, 0.5) is 24.5 Å². The Bertz CT molecular complexity index is 586. The number of carbonyl (C=O) groups excluding carboxylic acids is 1. The minimum atomic E-state index is -4.30. The Hall–Kier alpha value is -1.72. The number of benzene rings is 1. The van der Waals surface area contributed by atoms with E-state index < -0.39 is 23.9 Å². The van der Waals surface area contributed by atoms with E-state index in [1.807, 2.05) is 12.1 Å². The highest BCUT2D eigenvalue weighted by Gasteiger charge is 2.48. The Kier molecular flexibility index (Phi) is 4.50. The van der Waals surface area contributed by atoms with Crippen LogP contribution in [0.5, 0.6) is 0 Å². The van der Waals surface area contributed by atoms with E-state index in [0.29, 0.717) is 24.9 Å². The van der Waals surface area contributed by atoms with Crippen LogP contribution in [0.2, 0.25) is 0 Å². The molecular formula is C17H21F3N2O. The number of fused-ring (bicyclic) bond motifs is 1. The van der Waals surface area contributed by atoms with Crippen LogP contribution in [0.1, 0.15) is 37.7 Å². The maximum absolute atomic E-state index is 13.1. The van der Waals surface area contributed by atoms with Gasteiger partial charge in [0.2, 0.25) is 5.91 Å². The molecule has 3 nitrogen and oxygen atoms in total. The first-order chi connectivity index (χ1) is 10.9. The van der Waals surface area contributed by atoms with Crippen molar-refractivity contribution in [1.29, 1.82) is 0 Å². The highest BCUT2D eigenvalue weighted by atomic mass is 19.4. The molecule has 0 radical (unpaired) electrons. The summed E-state index contributed by atoms with van der Waals surface area (Å²) in [6.07, 6.45) is -0.790. The summed E-state index contributed by atoms with van der Waals surface area (Å²) in [6.45, 7) is 0.925. The van der Waals surface area contributed by atoms with Crippen molar-refractivity contribution in [1.82, 2.24) is 0 Å². The van der Waals surface area contributed by atoms with Gasteiger partial charge in [-0.15, -0.1) is 0 Å². The highest BCUT2D eigenvalue weighted by Crippen LogP contribution is 2.42. The van der Waals surface area contributed by atoms with Gasteiger partial charge in [-0.25, -0.2) is 0 Å². The third-order valence-corrected chi connectivity index (χ3v) is 4.83. The lowest BCUT2D eigenvalue weighted by Gasteiger charge is -2.32. The average molecular weight is 326 g/mol. The lowest BCUT2D eigenvalue weighted by atomic mass is 9.78. The van der Waals surface area contributed by atoms with Gasteiger partial charge < -0.3 is 10.6 Å². The number of anilines is 2. The van der Waals surface area contributed by atoms with Crippen LogP contribution < -0.4 is 10.6 Å². The highest BCUT2D eigenvalue weighted by molar-refractivity contribution is 5.93. The van der Waals surface area contributed by atoms with Crippen molar-refractivity contribution in [3.8, 4) is 0 Å². The molecule has 126 valence electrons. The molecule has 1 aliphatic heterocycles. The molecule has 0 bridgehead atoms. The molecule has 1 saturated carbocycles.